The molecule has 0 atom stereocenters. The van der Waals surface area contributed by atoms with Crippen LogP contribution in [-0.2, 0) is 13.1 Å². The van der Waals surface area contributed by atoms with Gasteiger partial charge in [0.05, 0.1) is 0 Å². The van der Waals surface area contributed by atoms with E-state index < -0.39 is 0 Å². The van der Waals surface area contributed by atoms with E-state index in [0.29, 0.717) is 0 Å². The van der Waals surface area contributed by atoms with Crippen molar-refractivity contribution < 1.29 is 4.79 Å². The smallest absolute Gasteiger partial charge is 0.251 e. The van der Waals surface area contributed by atoms with Crippen LogP contribution in [0.3, 0.4) is 0 Å². The van der Waals surface area contributed by atoms with E-state index >= 15 is 0 Å². The van der Waals surface area contributed by atoms with Gasteiger partial charge in [0, 0.05) is 25.7 Å². The maximum absolute atomic E-state index is 11.4. The fourth-order valence-electron chi connectivity index (χ4n) is 2.84. The molecule has 2 aromatic carbocycles. The van der Waals surface area contributed by atoms with E-state index in [1.165, 1.54) is 16.7 Å². The van der Waals surface area contributed by atoms with Gasteiger partial charge in [-0.25, -0.2) is 0 Å². The third-order valence-electron chi connectivity index (χ3n) is 4.31. The van der Waals surface area contributed by atoms with Crippen molar-refractivity contribution in [2.24, 2.45) is 0 Å². The van der Waals surface area contributed by atoms with Gasteiger partial charge in [0.15, 0.2) is 0 Å². The Bertz CT molecular complexity index is 682. The summed E-state index contributed by atoms with van der Waals surface area (Å²) in [6.45, 7) is 8.26. The molecule has 0 bridgehead atoms. The van der Waals surface area contributed by atoms with Crippen LogP contribution in [0.25, 0.3) is 0 Å². The summed E-state index contributed by atoms with van der Waals surface area (Å²) in [4.78, 5) is 13.7. The SMILES string of the molecule is CN1Cc2ccccc2C1.CNC(=O)c1cc(C)c(C)cc1C. The van der Waals surface area contributed by atoms with E-state index in [-0.39, 0.29) is 5.91 Å². The molecule has 0 saturated carbocycles. The van der Waals surface area contributed by atoms with Crippen LogP contribution in [0.1, 0.15) is 38.2 Å². The summed E-state index contributed by atoms with van der Waals surface area (Å²) in [5.41, 5.74) is 7.16. The quantitative estimate of drug-likeness (QED) is 0.873. The first-order valence-electron chi connectivity index (χ1n) is 7.97. The summed E-state index contributed by atoms with van der Waals surface area (Å²) < 4.78 is 0. The van der Waals surface area contributed by atoms with Gasteiger partial charge in [0.2, 0.25) is 0 Å². The zero-order chi connectivity index (χ0) is 17.0. The lowest BCUT2D eigenvalue weighted by molar-refractivity contribution is 0.0962. The van der Waals surface area contributed by atoms with Crippen LogP contribution in [0.5, 0.6) is 0 Å². The molecule has 3 nitrogen and oxygen atoms in total. The van der Waals surface area contributed by atoms with Crippen molar-refractivity contribution in [2.45, 2.75) is 33.9 Å². The van der Waals surface area contributed by atoms with Crippen molar-refractivity contribution in [3.8, 4) is 0 Å². The second kappa shape index (κ2) is 7.42. The summed E-state index contributed by atoms with van der Waals surface area (Å²) in [6.07, 6.45) is 0. The Hall–Kier alpha value is -2.13. The van der Waals surface area contributed by atoms with E-state index in [9.17, 15) is 4.79 Å². The minimum atomic E-state index is -0.0133. The molecule has 0 aliphatic carbocycles. The van der Waals surface area contributed by atoms with Crippen molar-refractivity contribution in [3.63, 3.8) is 0 Å². The Morgan fingerprint density at radius 2 is 1.48 bits per heavy atom. The highest BCUT2D eigenvalue weighted by Gasteiger charge is 2.13. The van der Waals surface area contributed by atoms with E-state index in [1.54, 1.807) is 7.05 Å². The van der Waals surface area contributed by atoms with Crippen LogP contribution in [0.15, 0.2) is 36.4 Å². The van der Waals surface area contributed by atoms with Crippen LogP contribution < -0.4 is 5.32 Å². The first-order chi connectivity index (χ1) is 10.9. The molecule has 2 aromatic rings. The minimum absolute atomic E-state index is 0.0133. The summed E-state index contributed by atoms with van der Waals surface area (Å²) >= 11 is 0. The molecule has 0 aromatic heterocycles. The molecule has 3 rings (SSSR count). The molecule has 1 heterocycles. The van der Waals surface area contributed by atoms with E-state index in [1.807, 2.05) is 26.0 Å². The molecule has 122 valence electrons. The van der Waals surface area contributed by atoms with Crippen LogP contribution >= 0.6 is 0 Å². The summed E-state index contributed by atoms with van der Waals surface area (Å²) in [6, 6.07) is 12.6. The molecule has 1 N–H and O–H groups in total. The average molecular weight is 310 g/mol. The first-order valence-corrected chi connectivity index (χ1v) is 7.97. The van der Waals surface area contributed by atoms with Gasteiger partial charge in [-0.05, 0) is 61.7 Å². The summed E-state index contributed by atoms with van der Waals surface area (Å²) in [5, 5.41) is 2.63. The number of amides is 1. The highest BCUT2D eigenvalue weighted by molar-refractivity contribution is 5.95. The summed E-state index contributed by atoms with van der Waals surface area (Å²) in [5.74, 6) is -0.0133. The average Bonchev–Trinajstić information content (AvgIpc) is 2.91. The number of carbonyl (C=O) groups excluding carboxylic acids is 1. The topological polar surface area (TPSA) is 32.3 Å². The number of hydrogen-bond donors (Lipinski definition) is 1. The molecule has 3 heteroatoms. The molecular weight excluding hydrogens is 284 g/mol. The standard InChI is InChI=1S/C11H15NO.C9H11N/c1-7-5-9(3)10(6-8(7)2)11(13)12-4;1-10-6-8-4-2-3-5-9(8)7-10/h5-6H,1-4H3,(H,12,13);2-5H,6-7H2,1H3. The van der Waals surface area contributed by atoms with Crippen LogP contribution in [0, 0.1) is 20.8 Å². The highest BCUT2D eigenvalue weighted by Crippen LogP contribution is 2.19. The maximum Gasteiger partial charge on any atom is 0.251 e. The molecule has 0 fully saturated rings. The van der Waals surface area contributed by atoms with E-state index in [4.69, 9.17) is 0 Å². The summed E-state index contributed by atoms with van der Waals surface area (Å²) in [7, 11) is 3.80. The second-order valence-electron chi connectivity index (χ2n) is 6.27. The third kappa shape index (κ3) is 4.20. The van der Waals surface area contributed by atoms with Crippen molar-refractivity contribution in [2.75, 3.05) is 14.1 Å². The van der Waals surface area contributed by atoms with Crippen LogP contribution in [0.4, 0.5) is 0 Å². The van der Waals surface area contributed by atoms with Crippen LogP contribution in [0.2, 0.25) is 0 Å². The fourth-order valence-corrected chi connectivity index (χ4v) is 2.84. The zero-order valence-electron chi connectivity index (χ0n) is 14.7. The number of rotatable bonds is 1. The number of benzene rings is 2. The predicted molar refractivity (Wildman–Crippen MR) is 95.7 cm³/mol. The first kappa shape index (κ1) is 17.2. The Kier molecular flexibility index (Phi) is 5.56. The maximum atomic E-state index is 11.4. The van der Waals surface area contributed by atoms with E-state index in [2.05, 4.69) is 48.5 Å². The number of fused-ring (bicyclic) bond motifs is 1. The molecular formula is C20H26N2O. The Morgan fingerprint density at radius 3 is 2.00 bits per heavy atom. The van der Waals surface area contributed by atoms with Gasteiger partial charge in [0.1, 0.15) is 0 Å². The number of nitrogens with one attached hydrogen (secondary N) is 1. The van der Waals surface area contributed by atoms with Crippen molar-refractivity contribution >= 4 is 5.91 Å². The van der Waals surface area contributed by atoms with Gasteiger partial charge in [0.25, 0.3) is 5.91 Å². The predicted octanol–water partition coefficient (Wildman–Crippen LogP) is 3.60. The van der Waals surface area contributed by atoms with Crippen molar-refractivity contribution in [1.82, 2.24) is 10.2 Å². The van der Waals surface area contributed by atoms with Gasteiger partial charge in [-0.1, -0.05) is 30.3 Å². The number of nitrogens with zero attached hydrogens (tertiary/aromatic N) is 1. The number of carbonyl (C=O) groups is 1. The molecule has 0 radical (unpaired) electrons. The zero-order valence-corrected chi connectivity index (χ0v) is 14.7. The van der Waals surface area contributed by atoms with Gasteiger partial charge in [-0.2, -0.15) is 0 Å². The Labute approximate surface area is 139 Å². The molecule has 1 amide bonds. The van der Waals surface area contributed by atoms with Crippen molar-refractivity contribution in [1.29, 1.82) is 0 Å². The monoisotopic (exact) mass is 310 g/mol. The lowest BCUT2D eigenvalue weighted by atomic mass is 10.0. The number of aryl methyl sites for hydroxylation is 3. The van der Waals surface area contributed by atoms with E-state index in [0.717, 1.165) is 29.8 Å². The minimum Gasteiger partial charge on any atom is -0.355 e. The molecule has 1 aliphatic heterocycles. The van der Waals surface area contributed by atoms with Gasteiger partial charge >= 0.3 is 0 Å². The van der Waals surface area contributed by atoms with Gasteiger partial charge < -0.3 is 5.32 Å². The second-order valence-corrected chi connectivity index (χ2v) is 6.27. The normalized spacial score (nSPS) is 13.1. The van der Waals surface area contributed by atoms with Gasteiger partial charge in [-0.15, -0.1) is 0 Å². The Balaban J connectivity index is 0.000000172. The van der Waals surface area contributed by atoms with Crippen molar-refractivity contribution in [3.05, 3.63) is 69.8 Å². The molecule has 23 heavy (non-hydrogen) atoms. The third-order valence-corrected chi connectivity index (χ3v) is 4.31. The van der Waals surface area contributed by atoms with Crippen LogP contribution in [-0.4, -0.2) is 24.9 Å². The largest absolute Gasteiger partial charge is 0.355 e. The highest BCUT2D eigenvalue weighted by atomic mass is 16.1. The fraction of sp³-hybridized carbons (Fsp3) is 0.350. The Morgan fingerprint density at radius 1 is 0.957 bits per heavy atom. The molecule has 0 saturated heterocycles. The molecule has 0 unspecified atom stereocenters. The number of hydrogen-bond acceptors (Lipinski definition) is 2. The lowest BCUT2D eigenvalue weighted by Crippen LogP contribution is -2.19. The van der Waals surface area contributed by atoms with Gasteiger partial charge in [-0.3, -0.25) is 9.69 Å². The molecule has 1 aliphatic rings. The lowest BCUT2D eigenvalue weighted by Gasteiger charge is -2.07. The molecule has 0 spiro atoms.